The molecule has 1 saturated carbocycles. The van der Waals surface area contributed by atoms with E-state index >= 15 is 0 Å². The Hall–Kier alpha value is -1.92. The SMILES string of the molecule is CC(=O)N1CCN(C(=O)CC2CCCC2)CCC1c1nc(C)no1. The molecule has 24 heavy (non-hydrogen) atoms. The molecule has 2 aliphatic rings. The van der Waals surface area contributed by atoms with E-state index in [0.717, 1.165) is 0 Å². The summed E-state index contributed by atoms with van der Waals surface area (Å²) in [6.45, 7) is 5.03. The fraction of sp³-hybridized carbons (Fsp3) is 0.765. The number of nitrogens with zero attached hydrogens (tertiary/aromatic N) is 4. The zero-order valence-electron chi connectivity index (χ0n) is 14.5. The molecular formula is C17H26N4O3. The van der Waals surface area contributed by atoms with Crippen molar-refractivity contribution in [1.82, 2.24) is 19.9 Å². The third kappa shape index (κ3) is 3.76. The number of rotatable bonds is 3. The molecule has 1 unspecified atom stereocenters. The van der Waals surface area contributed by atoms with E-state index in [1.165, 1.54) is 25.7 Å². The molecule has 1 aliphatic heterocycles. The molecular weight excluding hydrogens is 308 g/mol. The summed E-state index contributed by atoms with van der Waals surface area (Å²) in [6.07, 6.45) is 6.11. The number of aryl methyl sites for hydroxylation is 1. The molecule has 2 fully saturated rings. The van der Waals surface area contributed by atoms with Gasteiger partial charge < -0.3 is 14.3 Å². The predicted octanol–water partition coefficient (Wildman–Crippen LogP) is 2.08. The predicted molar refractivity (Wildman–Crippen MR) is 86.9 cm³/mol. The maximum atomic E-state index is 12.6. The Morgan fingerprint density at radius 3 is 2.54 bits per heavy atom. The minimum Gasteiger partial charge on any atom is -0.341 e. The lowest BCUT2D eigenvalue weighted by molar-refractivity contribution is -0.134. The minimum atomic E-state index is -0.243. The molecule has 1 atom stereocenters. The lowest BCUT2D eigenvalue weighted by Crippen LogP contribution is -2.37. The van der Waals surface area contributed by atoms with Crippen molar-refractivity contribution < 1.29 is 14.1 Å². The van der Waals surface area contributed by atoms with Crippen molar-refractivity contribution in [3.8, 4) is 0 Å². The van der Waals surface area contributed by atoms with E-state index < -0.39 is 0 Å². The van der Waals surface area contributed by atoms with Crippen LogP contribution in [0.2, 0.25) is 0 Å². The molecule has 0 radical (unpaired) electrons. The van der Waals surface area contributed by atoms with E-state index in [4.69, 9.17) is 4.52 Å². The third-order valence-corrected chi connectivity index (χ3v) is 5.18. The molecule has 1 aromatic heterocycles. The van der Waals surface area contributed by atoms with Crippen LogP contribution >= 0.6 is 0 Å². The van der Waals surface area contributed by atoms with Crippen molar-refractivity contribution >= 4 is 11.8 Å². The maximum absolute atomic E-state index is 12.6. The topological polar surface area (TPSA) is 79.5 Å². The van der Waals surface area contributed by atoms with Gasteiger partial charge in [0.1, 0.15) is 6.04 Å². The van der Waals surface area contributed by atoms with E-state index in [0.29, 0.717) is 50.1 Å². The number of carbonyl (C=O) groups excluding carboxylic acids is 2. The standard InChI is InChI=1S/C17H26N4O3/c1-12-18-17(24-19-12)15-7-8-20(9-10-21(15)13(2)22)16(23)11-14-5-3-4-6-14/h14-15H,3-11H2,1-2H3. The number of hydrogen-bond donors (Lipinski definition) is 0. The molecule has 2 heterocycles. The van der Waals surface area contributed by atoms with Crippen LogP contribution in [0.5, 0.6) is 0 Å². The summed E-state index contributed by atoms with van der Waals surface area (Å²) >= 11 is 0. The molecule has 1 aromatic rings. The molecule has 132 valence electrons. The number of carbonyl (C=O) groups is 2. The Kier molecular flexibility index (Phi) is 5.16. The summed E-state index contributed by atoms with van der Waals surface area (Å²) in [6, 6.07) is -0.243. The lowest BCUT2D eigenvalue weighted by atomic mass is 10.0. The maximum Gasteiger partial charge on any atom is 0.249 e. The minimum absolute atomic E-state index is 0.0269. The van der Waals surface area contributed by atoms with E-state index in [9.17, 15) is 9.59 Å². The second kappa shape index (κ2) is 7.32. The first-order valence-electron chi connectivity index (χ1n) is 8.90. The van der Waals surface area contributed by atoms with Crippen molar-refractivity contribution in [3.05, 3.63) is 11.7 Å². The van der Waals surface area contributed by atoms with E-state index in [1.54, 1.807) is 18.7 Å². The van der Waals surface area contributed by atoms with Gasteiger partial charge in [0.25, 0.3) is 0 Å². The normalized spacial score (nSPS) is 22.7. The average Bonchev–Trinajstić information content (AvgIpc) is 3.13. The summed E-state index contributed by atoms with van der Waals surface area (Å²) in [4.78, 5) is 32.6. The number of hydrogen-bond acceptors (Lipinski definition) is 5. The van der Waals surface area contributed by atoms with Crippen LogP contribution in [0.4, 0.5) is 0 Å². The molecule has 2 amide bonds. The van der Waals surface area contributed by atoms with E-state index in [1.807, 2.05) is 4.90 Å². The fourth-order valence-corrected chi connectivity index (χ4v) is 3.85. The summed E-state index contributed by atoms with van der Waals surface area (Å²) in [5.74, 6) is 1.76. The van der Waals surface area contributed by atoms with E-state index in [-0.39, 0.29) is 17.9 Å². The van der Waals surface area contributed by atoms with Crippen molar-refractivity contribution in [2.45, 2.75) is 58.4 Å². The zero-order valence-corrected chi connectivity index (χ0v) is 14.5. The summed E-state index contributed by atoms with van der Waals surface area (Å²) in [5, 5.41) is 3.83. The van der Waals surface area contributed by atoms with Gasteiger partial charge in [-0.15, -0.1) is 0 Å². The molecule has 0 bridgehead atoms. The molecule has 7 heteroatoms. The Bertz CT molecular complexity index is 594. The van der Waals surface area contributed by atoms with Crippen LogP contribution in [0.15, 0.2) is 4.52 Å². The van der Waals surface area contributed by atoms with Crippen molar-refractivity contribution in [2.75, 3.05) is 19.6 Å². The van der Waals surface area contributed by atoms with Gasteiger partial charge in [-0.05, 0) is 32.1 Å². The summed E-state index contributed by atoms with van der Waals surface area (Å²) < 4.78 is 5.28. The van der Waals surface area contributed by atoms with Gasteiger partial charge in [0.2, 0.25) is 17.7 Å². The van der Waals surface area contributed by atoms with Gasteiger partial charge in [-0.2, -0.15) is 4.98 Å². The van der Waals surface area contributed by atoms with Crippen molar-refractivity contribution in [1.29, 1.82) is 0 Å². The largest absolute Gasteiger partial charge is 0.341 e. The average molecular weight is 334 g/mol. The quantitative estimate of drug-likeness (QED) is 0.845. The van der Waals surface area contributed by atoms with Crippen LogP contribution in [0, 0.1) is 12.8 Å². The highest BCUT2D eigenvalue weighted by Crippen LogP contribution is 2.30. The Balaban J connectivity index is 1.67. The second-order valence-corrected chi connectivity index (χ2v) is 6.93. The first kappa shape index (κ1) is 16.9. The van der Waals surface area contributed by atoms with Crippen LogP contribution in [0.3, 0.4) is 0 Å². The van der Waals surface area contributed by atoms with Crippen LogP contribution < -0.4 is 0 Å². The van der Waals surface area contributed by atoms with Crippen molar-refractivity contribution in [3.63, 3.8) is 0 Å². The fourth-order valence-electron chi connectivity index (χ4n) is 3.85. The van der Waals surface area contributed by atoms with Gasteiger partial charge in [0, 0.05) is 33.0 Å². The van der Waals surface area contributed by atoms with E-state index in [2.05, 4.69) is 10.1 Å². The number of amides is 2. The Morgan fingerprint density at radius 2 is 1.92 bits per heavy atom. The zero-order chi connectivity index (χ0) is 17.1. The third-order valence-electron chi connectivity index (χ3n) is 5.18. The van der Waals surface area contributed by atoms with Gasteiger partial charge in [-0.3, -0.25) is 9.59 Å². The van der Waals surface area contributed by atoms with Crippen LogP contribution in [0.25, 0.3) is 0 Å². The smallest absolute Gasteiger partial charge is 0.249 e. The molecule has 3 rings (SSSR count). The van der Waals surface area contributed by atoms with Gasteiger partial charge in [-0.1, -0.05) is 18.0 Å². The monoisotopic (exact) mass is 334 g/mol. The molecule has 0 N–H and O–H groups in total. The van der Waals surface area contributed by atoms with Gasteiger partial charge in [-0.25, -0.2) is 0 Å². The van der Waals surface area contributed by atoms with Gasteiger partial charge >= 0.3 is 0 Å². The van der Waals surface area contributed by atoms with Crippen LogP contribution in [-0.4, -0.2) is 51.4 Å². The second-order valence-electron chi connectivity index (χ2n) is 6.93. The summed E-state index contributed by atoms with van der Waals surface area (Å²) in [7, 11) is 0. The molecule has 7 nitrogen and oxygen atoms in total. The van der Waals surface area contributed by atoms with Crippen LogP contribution in [0.1, 0.15) is 63.2 Å². The van der Waals surface area contributed by atoms with Gasteiger partial charge in [0.15, 0.2) is 5.82 Å². The Morgan fingerprint density at radius 1 is 1.17 bits per heavy atom. The first-order chi connectivity index (χ1) is 11.5. The lowest BCUT2D eigenvalue weighted by Gasteiger charge is -2.25. The van der Waals surface area contributed by atoms with Gasteiger partial charge in [0.05, 0.1) is 0 Å². The highest BCUT2D eigenvalue weighted by atomic mass is 16.5. The molecule has 1 saturated heterocycles. The highest BCUT2D eigenvalue weighted by Gasteiger charge is 2.33. The first-order valence-corrected chi connectivity index (χ1v) is 8.90. The molecule has 1 aliphatic carbocycles. The van der Waals surface area contributed by atoms with Crippen LogP contribution in [-0.2, 0) is 9.59 Å². The molecule has 0 spiro atoms. The van der Waals surface area contributed by atoms with Crippen molar-refractivity contribution in [2.24, 2.45) is 5.92 Å². The molecule has 0 aromatic carbocycles. The number of aromatic nitrogens is 2. The Labute approximate surface area is 142 Å². The summed E-state index contributed by atoms with van der Waals surface area (Å²) in [5.41, 5.74) is 0. The highest BCUT2D eigenvalue weighted by molar-refractivity contribution is 5.77.